The Labute approximate surface area is 94.7 Å². The molecule has 1 aromatic heterocycles. The number of hydrogen-bond donors (Lipinski definition) is 2. The van der Waals surface area contributed by atoms with E-state index in [0.29, 0.717) is 0 Å². The van der Waals surface area contributed by atoms with Gasteiger partial charge in [-0.3, -0.25) is 0 Å². The third kappa shape index (κ3) is 3.24. The van der Waals surface area contributed by atoms with Crippen molar-refractivity contribution in [3.8, 4) is 11.3 Å². The number of aromatic amines is 1. The number of aromatic nitrogens is 2. The molecule has 0 aliphatic carbocycles. The summed E-state index contributed by atoms with van der Waals surface area (Å²) in [6, 6.07) is 8.19. The number of benzene rings is 1. The molecule has 2 rings (SSSR count). The maximum absolute atomic E-state index is 8.81. The molecule has 0 atom stereocenters. The first-order valence-corrected chi connectivity index (χ1v) is 4.98. The van der Waals surface area contributed by atoms with Crippen LogP contribution in [0.3, 0.4) is 0 Å². The first-order valence-electron chi connectivity index (χ1n) is 4.98. The maximum atomic E-state index is 8.81. The van der Waals surface area contributed by atoms with Gasteiger partial charge in [0.2, 0.25) is 0 Å². The first-order chi connectivity index (χ1) is 7.81. The smallest absolute Gasteiger partial charge is 0.116 e. The molecule has 0 saturated carbocycles. The second kappa shape index (κ2) is 6.40. The second-order valence-corrected chi connectivity index (χ2v) is 3.03. The molecule has 0 bridgehead atoms. The zero-order valence-corrected chi connectivity index (χ0v) is 9.40. The number of nitrogens with one attached hydrogen (secondary N) is 2. The summed E-state index contributed by atoms with van der Waals surface area (Å²) in [4.78, 5) is 15.8. The standard InChI is InChI=1S/C10H11N3.C2H4O/c1-11-9-4-2-8(3-5-9)10-6-12-7-13-10;1-2-3/h2-7,11H,1H3,(H,12,13);2H,1H3. The van der Waals surface area contributed by atoms with Crippen LogP contribution in [-0.4, -0.2) is 23.3 Å². The van der Waals surface area contributed by atoms with E-state index in [1.165, 1.54) is 6.92 Å². The van der Waals surface area contributed by atoms with E-state index < -0.39 is 0 Å². The van der Waals surface area contributed by atoms with Crippen LogP contribution in [0.1, 0.15) is 6.92 Å². The highest BCUT2D eigenvalue weighted by atomic mass is 16.1. The summed E-state index contributed by atoms with van der Waals surface area (Å²) in [7, 11) is 1.91. The van der Waals surface area contributed by atoms with Crippen molar-refractivity contribution in [1.29, 1.82) is 0 Å². The molecule has 0 radical (unpaired) electrons. The highest BCUT2D eigenvalue weighted by molar-refractivity contribution is 5.61. The van der Waals surface area contributed by atoms with Crippen molar-refractivity contribution in [1.82, 2.24) is 9.97 Å². The number of anilines is 1. The van der Waals surface area contributed by atoms with Crippen molar-refractivity contribution >= 4 is 12.0 Å². The molecule has 16 heavy (non-hydrogen) atoms. The van der Waals surface area contributed by atoms with E-state index in [1.54, 1.807) is 6.33 Å². The average molecular weight is 217 g/mol. The summed E-state index contributed by atoms with van der Waals surface area (Å²) in [6.07, 6.45) is 4.25. The van der Waals surface area contributed by atoms with E-state index in [9.17, 15) is 0 Å². The summed E-state index contributed by atoms with van der Waals surface area (Å²) in [6.45, 7) is 1.44. The summed E-state index contributed by atoms with van der Waals surface area (Å²) in [5.74, 6) is 0. The summed E-state index contributed by atoms with van der Waals surface area (Å²) < 4.78 is 0. The van der Waals surface area contributed by atoms with E-state index in [4.69, 9.17) is 4.79 Å². The normalized spacial score (nSPS) is 8.88. The number of aldehydes is 1. The van der Waals surface area contributed by atoms with Crippen molar-refractivity contribution in [3.63, 3.8) is 0 Å². The Morgan fingerprint density at radius 2 is 1.94 bits per heavy atom. The molecule has 4 heteroatoms. The van der Waals surface area contributed by atoms with Gasteiger partial charge >= 0.3 is 0 Å². The van der Waals surface area contributed by atoms with Crippen LogP contribution in [0.4, 0.5) is 5.69 Å². The van der Waals surface area contributed by atoms with E-state index in [0.717, 1.165) is 23.2 Å². The minimum Gasteiger partial charge on any atom is -0.388 e. The zero-order valence-electron chi connectivity index (χ0n) is 9.40. The van der Waals surface area contributed by atoms with Crippen molar-refractivity contribution in [2.24, 2.45) is 0 Å². The van der Waals surface area contributed by atoms with Gasteiger partial charge in [0, 0.05) is 12.7 Å². The molecule has 0 saturated heterocycles. The number of nitrogens with zero attached hydrogens (tertiary/aromatic N) is 1. The monoisotopic (exact) mass is 217 g/mol. The maximum Gasteiger partial charge on any atom is 0.116 e. The quantitative estimate of drug-likeness (QED) is 0.759. The molecular weight excluding hydrogens is 202 g/mol. The largest absolute Gasteiger partial charge is 0.388 e. The Hall–Kier alpha value is -2.10. The van der Waals surface area contributed by atoms with Crippen molar-refractivity contribution in [3.05, 3.63) is 36.8 Å². The van der Waals surface area contributed by atoms with Gasteiger partial charge in [-0.15, -0.1) is 0 Å². The third-order valence-electron chi connectivity index (χ3n) is 1.98. The third-order valence-corrected chi connectivity index (χ3v) is 1.98. The van der Waals surface area contributed by atoms with Crippen LogP contribution in [0, 0.1) is 0 Å². The lowest BCUT2D eigenvalue weighted by Crippen LogP contribution is -1.86. The topological polar surface area (TPSA) is 57.8 Å². The van der Waals surface area contributed by atoms with Crippen LogP contribution in [-0.2, 0) is 4.79 Å². The fraction of sp³-hybridized carbons (Fsp3) is 0.167. The molecule has 1 aromatic carbocycles. The molecule has 4 nitrogen and oxygen atoms in total. The number of hydrogen-bond acceptors (Lipinski definition) is 3. The summed E-state index contributed by atoms with van der Waals surface area (Å²) in [5, 5.41) is 3.07. The Kier molecular flexibility index (Phi) is 4.79. The zero-order chi connectivity index (χ0) is 11.8. The van der Waals surface area contributed by atoms with Crippen molar-refractivity contribution in [2.75, 3.05) is 12.4 Å². The molecule has 0 aliphatic rings. The molecule has 0 unspecified atom stereocenters. The van der Waals surface area contributed by atoms with Crippen LogP contribution in [0.5, 0.6) is 0 Å². The van der Waals surface area contributed by atoms with E-state index in [-0.39, 0.29) is 0 Å². The molecule has 0 amide bonds. The van der Waals surface area contributed by atoms with Gasteiger partial charge in [-0.1, -0.05) is 12.1 Å². The molecule has 84 valence electrons. The van der Waals surface area contributed by atoms with E-state index in [2.05, 4.69) is 27.4 Å². The van der Waals surface area contributed by atoms with E-state index in [1.807, 2.05) is 25.4 Å². The van der Waals surface area contributed by atoms with Crippen LogP contribution in [0.2, 0.25) is 0 Å². The van der Waals surface area contributed by atoms with Crippen molar-refractivity contribution in [2.45, 2.75) is 6.92 Å². The molecule has 1 heterocycles. The average Bonchev–Trinajstić information content (AvgIpc) is 2.84. The predicted molar refractivity (Wildman–Crippen MR) is 65.3 cm³/mol. The van der Waals surface area contributed by atoms with Crippen LogP contribution in [0.15, 0.2) is 36.8 Å². The number of carbonyl (C=O) groups is 1. The molecular formula is C12H15N3O. The molecule has 0 fully saturated rings. The SMILES string of the molecule is CC=O.CNc1ccc(-c2cnc[nH]2)cc1. The Balaban J connectivity index is 0.000000386. The summed E-state index contributed by atoms with van der Waals surface area (Å²) in [5.41, 5.74) is 3.31. The minimum atomic E-state index is 0.750. The number of H-pyrrole nitrogens is 1. The number of carbonyl (C=O) groups excluding carboxylic acids is 1. The Morgan fingerprint density at radius 1 is 1.31 bits per heavy atom. The number of rotatable bonds is 2. The minimum absolute atomic E-state index is 0.750. The van der Waals surface area contributed by atoms with Gasteiger partial charge in [-0.05, 0) is 24.6 Å². The lowest BCUT2D eigenvalue weighted by molar-refractivity contribution is -0.106. The van der Waals surface area contributed by atoms with Crippen molar-refractivity contribution < 1.29 is 4.79 Å². The summed E-state index contributed by atoms with van der Waals surface area (Å²) >= 11 is 0. The second-order valence-electron chi connectivity index (χ2n) is 3.03. The van der Waals surface area contributed by atoms with Gasteiger partial charge in [-0.25, -0.2) is 4.98 Å². The van der Waals surface area contributed by atoms with Crippen LogP contribution >= 0.6 is 0 Å². The fourth-order valence-electron chi connectivity index (χ4n) is 1.23. The van der Waals surface area contributed by atoms with Gasteiger partial charge in [0.25, 0.3) is 0 Å². The molecule has 2 aromatic rings. The fourth-order valence-corrected chi connectivity index (χ4v) is 1.23. The number of imidazole rings is 1. The highest BCUT2D eigenvalue weighted by Gasteiger charge is 1.96. The predicted octanol–water partition coefficient (Wildman–Crippen LogP) is 2.32. The Morgan fingerprint density at radius 3 is 2.38 bits per heavy atom. The van der Waals surface area contributed by atoms with Gasteiger partial charge in [0.15, 0.2) is 0 Å². The van der Waals surface area contributed by atoms with Gasteiger partial charge in [0.1, 0.15) is 6.29 Å². The Bertz CT molecular complexity index is 406. The molecule has 0 spiro atoms. The van der Waals surface area contributed by atoms with Gasteiger partial charge in [0.05, 0.1) is 18.2 Å². The van der Waals surface area contributed by atoms with E-state index >= 15 is 0 Å². The van der Waals surface area contributed by atoms with Gasteiger partial charge in [-0.2, -0.15) is 0 Å². The molecule has 2 N–H and O–H groups in total. The lowest BCUT2D eigenvalue weighted by Gasteiger charge is -2.00. The highest BCUT2D eigenvalue weighted by Crippen LogP contribution is 2.17. The molecule has 0 aliphatic heterocycles. The lowest BCUT2D eigenvalue weighted by atomic mass is 10.1. The van der Waals surface area contributed by atoms with Gasteiger partial charge < -0.3 is 15.1 Å². The van der Waals surface area contributed by atoms with Crippen LogP contribution < -0.4 is 5.32 Å². The first kappa shape index (κ1) is 12.0. The van der Waals surface area contributed by atoms with Crippen LogP contribution in [0.25, 0.3) is 11.3 Å².